The second kappa shape index (κ2) is 8.23. The maximum atomic E-state index is 12.5. The number of carbonyl (C=O) groups is 2. The molecule has 2 amide bonds. The van der Waals surface area contributed by atoms with Crippen molar-refractivity contribution in [3.8, 4) is 0 Å². The summed E-state index contributed by atoms with van der Waals surface area (Å²) in [5, 5.41) is 3.88. The average Bonchev–Trinajstić information content (AvgIpc) is 2.94. The van der Waals surface area contributed by atoms with Crippen molar-refractivity contribution in [3.63, 3.8) is 0 Å². The Morgan fingerprint density at radius 3 is 2.45 bits per heavy atom. The lowest BCUT2D eigenvalue weighted by Gasteiger charge is -2.33. The molecule has 0 aromatic carbocycles. The quantitative estimate of drug-likeness (QED) is 0.845. The second-order valence-corrected chi connectivity index (χ2v) is 8.31. The lowest BCUT2D eigenvalue weighted by Crippen LogP contribution is -2.47. The molecule has 2 aliphatic rings. The summed E-state index contributed by atoms with van der Waals surface area (Å²) in [4.78, 5) is 26.4. The van der Waals surface area contributed by atoms with Gasteiger partial charge in [0.25, 0.3) is 0 Å². The number of carbonyl (C=O) groups excluding carboxylic acids is 2. The summed E-state index contributed by atoms with van der Waals surface area (Å²) in [5.74, 6) is 1.69. The lowest BCUT2D eigenvalue weighted by molar-refractivity contribution is -0.138. The Hall–Kier alpha value is -0.710. The maximum Gasteiger partial charge on any atom is 0.225 e. The minimum Gasteiger partial charge on any atom is -0.352 e. The summed E-state index contributed by atoms with van der Waals surface area (Å²) in [5.41, 5.74) is 0. The number of thioether (sulfide) groups is 1. The van der Waals surface area contributed by atoms with Gasteiger partial charge in [-0.3, -0.25) is 9.59 Å². The van der Waals surface area contributed by atoms with Crippen LogP contribution in [0.1, 0.15) is 52.9 Å². The third-order valence-corrected chi connectivity index (χ3v) is 6.16. The Bertz CT molecular complexity index is 392. The van der Waals surface area contributed by atoms with Crippen molar-refractivity contribution in [3.05, 3.63) is 0 Å². The molecule has 2 fully saturated rings. The molecule has 1 N–H and O–H groups in total. The van der Waals surface area contributed by atoms with Crippen LogP contribution in [-0.4, -0.2) is 46.8 Å². The molecule has 22 heavy (non-hydrogen) atoms. The number of rotatable bonds is 5. The molecule has 1 aliphatic heterocycles. The van der Waals surface area contributed by atoms with Gasteiger partial charge in [0.05, 0.1) is 0 Å². The van der Waals surface area contributed by atoms with Crippen molar-refractivity contribution in [1.82, 2.24) is 10.2 Å². The highest BCUT2D eigenvalue weighted by molar-refractivity contribution is 7.99. The molecule has 126 valence electrons. The molecule has 5 heteroatoms. The van der Waals surface area contributed by atoms with Gasteiger partial charge in [-0.15, -0.1) is 0 Å². The third kappa shape index (κ3) is 4.40. The molecule has 1 saturated carbocycles. The zero-order valence-electron chi connectivity index (χ0n) is 14.1. The van der Waals surface area contributed by atoms with Crippen LogP contribution in [0, 0.1) is 11.8 Å². The van der Waals surface area contributed by atoms with Gasteiger partial charge in [0.15, 0.2) is 0 Å². The summed E-state index contributed by atoms with van der Waals surface area (Å²) >= 11 is 1.98. The molecule has 0 radical (unpaired) electrons. The van der Waals surface area contributed by atoms with Gasteiger partial charge in [0.1, 0.15) is 0 Å². The molecule has 0 unspecified atom stereocenters. The number of piperidine rings is 1. The van der Waals surface area contributed by atoms with Crippen LogP contribution in [0.2, 0.25) is 0 Å². The smallest absolute Gasteiger partial charge is 0.225 e. The Balaban J connectivity index is 1.79. The average molecular weight is 327 g/mol. The predicted molar refractivity (Wildman–Crippen MR) is 91.8 cm³/mol. The van der Waals surface area contributed by atoms with Crippen LogP contribution in [0.25, 0.3) is 0 Å². The first-order valence-corrected chi connectivity index (χ1v) is 9.78. The molecule has 0 bridgehead atoms. The van der Waals surface area contributed by atoms with Crippen molar-refractivity contribution in [2.45, 2.75) is 64.2 Å². The minimum absolute atomic E-state index is 0.0516. The summed E-state index contributed by atoms with van der Waals surface area (Å²) in [6.07, 6.45) is 5.19. The van der Waals surface area contributed by atoms with Gasteiger partial charge in [0, 0.05) is 36.2 Å². The van der Waals surface area contributed by atoms with Crippen molar-refractivity contribution >= 4 is 23.6 Å². The zero-order valence-corrected chi connectivity index (χ0v) is 15.0. The molecule has 0 aromatic heterocycles. The standard InChI is InChI=1S/C17H30N2O2S/c1-4-22-15-7-5-6-14(15)18-16(20)13-8-10-19(11-9-13)17(21)12(2)3/h12-15H,4-11H2,1-3H3,(H,18,20)/t14-,15-/m0/s1. The van der Waals surface area contributed by atoms with Gasteiger partial charge in [-0.2, -0.15) is 11.8 Å². The van der Waals surface area contributed by atoms with Crippen LogP contribution in [-0.2, 0) is 9.59 Å². The van der Waals surface area contributed by atoms with Crippen LogP contribution < -0.4 is 5.32 Å². The fraction of sp³-hybridized carbons (Fsp3) is 0.882. The highest BCUT2D eigenvalue weighted by Gasteiger charge is 2.32. The Labute approximate surface area is 138 Å². The number of hydrogen-bond acceptors (Lipinski definition) is 3. The summed E-state index contributed by atoms with van der Waals surface area (Å²) in [6, 6.07) is 0.354. The molecular formula is C17H30N2O2S. The molecule has 2 rings (SSSR count). The van der Waals surface area contributed by atoms with Gasteiger partial charge in [-0.05, 0) is 31.4 Å². The van der Waals surface area contributed by atoms with Gasteiger partial charge in [-0.1, -0.05) is 27.2 Å². The molecule has 1 aliphatic carbocycles. The number of nitrogens with one attached hydrogen (secondary N) is 1. The largest absolute Gasteiger partial charge is 0.352 e. The SMILES string of the molecule is CCS[C@H]1CCC[C@@H]1NC(=O)C1CCN(C(=O)C(C)C)CC1. The molecule has 2 atom stereocenters. The summed E-state index contributed by atoms with van der Waals surface area (Å²) in [7, 11) is 0. The molecule has 1 heterocycles. The number of likely N-dealkylation sites (tertiary alicyclic amines) is 1. The van der Waals surface area contributed by atoms with Crippen molar-refractivity contribution in [2.24, 2.45) is 11.8 Å². The molecule has 1 saturated heterocycles. The number of amides is 2. The Kier molecular flexibility index (Phi) is 6.60. The van der Waals surface area contributed by atoms with Crippen LogP contribution in [0.5, 0.6) is 0 Å². The fourth-order valence-electron chi connectivity index (χ4n) is 3.53. The molecular weight excluding hydrogens is 296 g/mol. The number of nitrogens with zero attached hydrogens (tertiary/aromatic N) is 1. The van der Waals surface area contributed by atoms with E-state index in [-0.39, 0.29) is 23.7 Å². The highest BCUT2D eigenvalue weighted by atomic mass is 32.2. The Morgan fingerprint density at radius 1 is 1.18 bits per heavy atom. The monoisotopic (exact) mass is 326 g/mol. The van der Waals surface area contributed by atoms with E-state index in [1.807, 2.05) is 30.5 Å². The zero-order chi connectivity index (χ0) is 16.1. The van der Waals surface area contributed by atoms with E-state index >= 15 is 0 Å². The van der Waals surface area contributed by atoms with Gasteiger partial charge >= 0.3 is 0 Å². The van der Waals surface area contributed by atoms with Crippen LogP contribution >= 0.6 is 11.8 Å². The third-order valence-electron chi connectivity index (χ3n) is 4.83. The summed E-state index contributed by atoms with van der Waals surface area (Å²) < 4.78 is 0. The number of hydrogen-bond donors (Lipinski definition) is 1. The van der Waals surface area contributed by atoms with E-state index in [9.17, 15) is 9.59 Å². The highest BCUT2D eigenvalue weighted by Crippen LogP contribution is 2.30. The normalized spacial score (nSPS) is 26.5. The van der Waals surface area contributed by atoms with E-state index in [4.69, 9.17) is 0 Å². The van der Waals surface area contributed by atoms with Crippen LogP contribution in [0.4, 0.5) is 0 Å². The second-order valence-electron chi connectivity index (χ2n) is 6.79. The van der Waals surface area contributed by atoms with E-state index in [1.54, 1.807) is 0 Å². The van der Waals surface area contributed by atoms with Crippen LogP contribution in [0.15, 0.2) is 0 Å². The van der Waals surface area contributed by atoms with Gasteiger partial charge in [-0.25, -0.2) is 0 Å². The first-order chi connectivity index (χ1) is 10.5. The van der Waals surface area contributed by atoms with Gasteiger partial charge in [0.2, 0.25) is 11.8 Å². The van der Waals surface area contributed by atoms with Crippen molar-refractivity contribution in [1.29, 1.82) is 0 Å². The fourth-order valence-corrected chi connectivity index (χ4v) is 4.73. The van der Waals surface area contributed by atoms with Crippen molar-refractivity contribution < 1.29 is 9.59 Å². The van der Waals surface area contributed by atoms with E-state index in [2.05, 4.69) is 12.2 Å². The minimum atomic E-state index is 0.0516. The molecule has 4 nitrogen and oxygen atoms in total. The first kappa shape index (κ1) is 17.6. The summed E-state index contributed by atoms with van der Waals surface area (Å²) in [6.45, 7) is 7.52. The Morgan fingerprint density at radius 2 is 1.86 bits per heavy atom. The van der Waals surface area contributed by atoms with Crippen molar-refractivity contribution in [2.75, 3.05) is 18.8 Å². The molecule has 0 aromatic rings. The maximum absolute atomic E-state index is 12.5. The first-order valence-electron chi connectivity index (χ1n) is 8.73. The van der Waals surface area contributed by atoms with E-state index < -0.39 is 0 Å². The van der Waals surface area contributed by atoms with E-state index in [0.29, 0.717) is 11.3 Å². The molecule has 0 spiro atoms. The van der Waals surface area contributed by atoms with Crippen LogP contribution in [0.3, 0.4) is 0 Å². The topological polar surface area (TPSA) is 49.4 Å². The van der Waals surface area contributed by atoms with E-state index in [0.717, 1.165) is 38.1 Å². The van der Waals surface area contributed by atoms with E-state index in [1.165, 1.54) is 12.8 Å². The lowest BCUT2D eigenvalue weighted by atomic mass is 9.94. The predicted octanol–water partition coefficient (Wildman–Crippen LogP) is 2.67. The van der Waals surface area contributed by atoms with Gasteiger partial charge < -0.3 is 10.2 Å².